The van der Waals surface area contributed by atoms with Crippen molar-refractivity contribution in [2.75, 3.05) is 56.9 Å². The summed E-state index contributed by atoms with van der Waals surface area (Å²) in [6.07, 6.45) is 7.16. The molecule has 10 heteroatoms. The van der Waals surface area contributed by atoms with Crippen molar-refractivity contribution in [1.29, 1.82) is 0 Å². The second kappa shape index (κ2) is 13.5. The van der Waals surface area contributed by atoms with E-state index in [0.29, 0.717) is 28.8 Å². The van der Waals surface area contributed by atoms with E-state index in [9.17, 15) is 9.18 Å². The summed E-state index contributed by atoms with van der Waals surface area (Å²) in [5.41, 5.74) is 5.15. The lowest BCUT2D eigenvalue weighted by Gasteiger charge is -2.26. The minimum Gasteiger partial charge on any atom is -0.494 e. The molecular weight excluding hydrogens is 533 g/mol. The lowest BCUT2D eigenvalue weighted by molar-refractivity contribution is -0.111. The molecule has 0 aliphatic carbocycles. The standard InChI is InChI=1S/C32H40FN7O2/c1-8-9-10-11-31(41)35-26-18-27(30(42-7)19-29(26)39(5)15-14-38(3)4)37-32-34-21(2)16-25(36-32)24-20-40(6)28-13-12-22(33)17-23(24)28/h10-13,16-20H,8-9,14-15H2,1-7H3,(H,35,41)(H,34,36,37)/b11-10-. The molecule has 2 heterocycles. The second-order valence-corrected chi connectivity index (χ2v) is 10.6. The molecule has 0 unspecified atom stereocenters. The largest absolute Gasteiger partial charge is 0.494 e. The summed E-state index contributed by atoms with van der Waals surface area (Å²) in [4.78, 5) is 26.4. The highest BCUT2D eigenvalue weighted by Gasteiger charge is 2.18. The van der Waals surface area contributed by atoms with E-state index in [4.69, 9.17) is 9.72 Å². The highest BCUT2D eigenvalue weighted by Crippen LogP contribution is 2.38. The third-order valence-corrected chi connectivity index (χ3v) is 6.92. The summed E-state index contributed by atoms with van der Waals surface area (Å²) in [5, 5.41) is 7.10. The number of hydrogen-bond acceptors (Lipinski definition) is 7. The summed E-state index contributed by atoms with van der Waals surface area (Å²) < 4.78 is 21.9. The number of nitrogens with one attached hydrogen (secondary N) is 2. The van der Waals surface area contributed by atoms with Crippen LogP contribution in [0.2, 0.25) is 0 Å². The third-order valence-electron chi connectivity index (χ3n) is 6.92. The number of carbonyl (C=O) groups is 1. The summed E-state index contributed by atoms with van der Waals surface area (Å²) in [7, 11) is 9.55. The van der Waals surface area contributed by atoms with Crippen molar-refractivity contribution in [2.45, 2.75) is 26.7 Å². The van der Waals surface area contributed by atoms with E-state index in [-0.39, 0.29) is 11.7 Å². The van der Waals surface area contributed by atoms with E-state index in [1.54, 1.807) is 19.3 Å². The number of benzene rings is 2. The monoisotopic (exact) mass is 573 g/mol. The van der Waals surface area contributed by atoms with Gasteiger partial charge in [0.05, 0.1) is 29.9 Å². The van der Waals surface area contributed by atoms with Crippen LogP contribution in [0.4, 0.5) is 27.4 Å². The van der Waals surface area contributed by atoms with Gasteiger partial charge in [-0.05, 0) is 63.8 Å². The van der Waals surface area contributed by atoms with E-state index >= 15 is 0 Å². The molecule has 2 aromatic carbocycles. The minimum atomic E-state index is -0.307. The molecule has 2 aromatic heterocycles. The number of anilines is 4. The zero-order chi connectivity index (χ0) is 30.4. The molecular formula is C32H40FN7O2. The van der Waals surface area contributed by atoms with Gasteiger partial charge in [-0.3, -0.25) is 4.79 Å². The van der Waals surface area contributed by atoms with Gasteiger partial charge in [0.1, 0.15) is 11.6 Å². The maximum atomic E-state index is 14.2. The molecule has 9 nitrogen and oxygen atoms in total. The average molecular weight is 574 g/mol. The van der Waals surface area contributed by atoms with E-state index < -0.39 is 0 Å². The Morgan fingerprint density at radius 3 is 2.60 bits per heavy atom. The highest BCUT2D eigenvalue weighted by molar-refractivity contribution is 6.02. The number of hydrogen-bond donors (Lipinski definition) is 2. The number of rotatable bonds is 12. The van der Waals surface area contributed by atoms with Gasteiger partial charge in [-0.25, -0.2) is 14.4 Å². The van der Waals surface area contributed by atoms with Gasteiger partial charge in [-0.2, -0.15) is 0 Å². The quantitative estimate of drug-likeness (QED) is 0.197. The summed E-state index contributed by atoms with van der Waals surface area (Å²) in [6.45, 7) is 5.53. The number of amides is 1. The van der Waals surface area contributed by atoms with Gasteiger partial charge < -0.3 is 29.7 Å². The number of methoxy groups -OCH3 is 1. The number of nitrogens with zero attached hydrogens (tertiary/aromatic N) is 5. The highest BCUT2D eigenvalue weighted by atomic mass is 19.1. The molecule has 0 saturated heterocycles. The topological polar surface area (TPSA) is 87.5 Å². The second-order valence-electron chi connectivity index (χ2n) is 10.6. The van der Waals surface area contributed by atoms with Crippen LogP contribution < -0.4 is 20.3 Å². The molecule has 4 aromatic rings. The van der Waals surface area contributed by atoms with Crippen LogP contribution in [-0.2, 0) is 11.8 Å². The molecule has 0 fully saturated rings. The number of allylic oxidation sites excluding steroid dienone is 1. The molecule has 0 aliphatic heterocycles. The molecule has 0 bridgehead atoms. The Hall–Kier alpha value is -4.44. The van der Waals surface area contributed by atoms with Crippen molar-refractivity contribution in [2.24, 2.45) is 7.05 Å². The number of ether oxygens (including phenoxy) is 1. The van der Waals surface area contributed by atoms with Crippen LogP contribution in [0.25, 0.3) is 22.2 Å². The number of halogens is 1. The summed E-state index contributed by atoms with van der Waals surface area (Å²) in [5.74, 6) is 0.406. The van der Waals surface area contributed by atoms with Crippen LogP contribution in [0.3, 0.4) is 0 Å². The van der Waals surface area contributed by atoms with Gasteiger partial charge in [-0.15, -0.1) is 0 Å². The molecule has 0 atom stereocenters. The molecule has 2 N–H and O–H groups in total. The first-order chi connectivity index (χ1) is 20.1. The Morgan fingerprint density at radius 2 is 1.88 bits per heavy atom. The number of unbranched alkanes of at least 4 members (excludes halogenated alkanes) is 1. The maximum Gasteiger partial charge on any atom is 0.248 e. The van der Waals surface area contributed by atoms with Crippen molar-refractivity contribution in [3.8, 4) is 17.0 Å². The van der Waals surface area contributed by atoms with Crippen LogP contribution in [0.5, 0.6) is 5.75 Å². The average Bonchev–Trinajstić information content (AvgIpc) is 3.27. The molecule has 0 radical (unpaired) electrons. The molecule has 0 aliphatic rings. The van der Waals surface area contributed by atoms with E-state index in [1.807, 2.05) is 70.2 Å². The van der Waals surface area contributed by atoms with Crippen molar-refractivity contribution in [3.05, 3.63) is 66.3 Å². The fourth-order valence-corrected chi connectivity index (χ4v) is 4.70. The number of carbonyl (C=O) groups excluding carboxylic acids is 1. The predicted octanol–water partition coefficient (Wildman–Crippen LogP) is 6.13. The lowest BCUT2D eigenvalue weighted by Crippen LogP contribution is -2.29. The molecule has 222 valence electrons. The molecule has 0 saturated carbocycles. The predicted molar refractivity (Wildman–Crippen MR) is 169 cm³/mol. The maximum absolute atomic E-state index is 14.2. The molecule has 42 heavy (non-hydrogen) atoms. The SMILES string of the molecule is CCC/C=C\C(=O)Nc1cc(Nc2nc(C)cc(-c3cn(C)c4ccc(F)cc34)n2)c(OC)cc1N(C)CCN(C)C. The fraction of sp³-hybridized carbons (Fsp3) is 0.344. The van der Waals surface area contributed by atoms with Gasteiger partial charge >= 0.3 is 0 Å². The van der Waals surface area contributed by atoms with Crippen molar-refractivity contribution >= 4 is 39.8 Å². The van der Waals surface area contributed by atoms with Gasteiger partial charge in [0, 0.05) is 61.6 Å². The molecule has 1 amide bonds. The third kappa shape index (κ3) is 7.25. The van der Waals surface area contributed by atoms with Gasteiger partial charge in [0.15, 0.2) is 0 Å². The van der Waals surface area contributed by atoms with Crippen LogP contribution in [0.15, 0.2) is 54.7 Å². The Balaban J connectivity index is 1.74. The Morgan fingerprint density at radius 1 is 1.10 bits per heavy atom. The first kappa shape index (κ1) is 30.5. The normalized spacial score (nSPS) is 11.5. The van der Waals surface area contributed by atoms with Crippen molar-refractivity contribution in [1.82, 2.24) is 19.4 Å². The Bertz CT molecular complexity index is 1600. The fourth-order valence-electron chi connectivity index (χ4n) is 4.70. The number of aromatic nitrogens is 3. The van der Waals surface area contributed by atoms with E-state index in [1.165, 1.54) is 12.1 Å². The van der Waals surface area contributed by atoms with Crippen LogP contribution >= 0.6 is 0 Å². The van der Waals surface area contributed by atoms with Gasteiger partial charge in [-0.1, -0.05) is 19.4 Å². The smallest absolute Gasteiger partial charge is 0.248 e. The zero-order valence-corrected chi connectivity index (χ0v) is 25.5. The van der Waals surface area contributed by atoms with Crippen molar-refractivity contribution in [3.63, 3.8) is 0 Å². The number of aryl methyl sites for hydroxylation is 2. The minimum absolute atomic E-state index is 0.209. The first-order valence-electron chi connectivity index (χ1n) is 14.0. The zero-order valence-electron chi connectivity index (χ0n) is 25.5. The Kier molecular flexibility index (Phi) is 9.80. The van der Waals surface area contributed by atoms with Gasteiger partial charge in [0.25, 0.3) is 0 Å². The van der Waals surface area contributed by atoms with Crippen LogP contribution in [0, 0.1) is 12.7 Å². The molecule has 4 rings (SSSR count). The van der Waals surface area contributed by atoms with Crippen LogP contribution in [-0.4, -0.2) is 66.7 Å². The van der Waals surface area contributed by atoms with Crippen LogP contribution in [0.1, 0.15) is 25.5 Å². The lowest BCUT2D eigenvalue weighted by atomic mass is 10.1. The number of likely N-dealkylation sites (N-methyl/N-ethyl adjacent to an activating group) is 2. The first-order valence-corrected chi connectivity index (χ1v) is 14.0. The van der Waals surface area contributed by atoms with E-state index in [2.05, 4.69) is 32.3 Å². The summed E-state index contributed by atoms with van der Waals surface area (Å²) >= 11 is 0. The number of fused-ring (bicyclic) bond motifs is 1. The van der Waals surface area contributed by atoms with Gasteiger partial charge in [0.2, 0.25) is 11.9 Å². The summed E-state index contributed by atoms with van der Waals surface area (Å²) in [6, 6.07) is 10.3. The van der Waals surface area contributed by atoms with E-state index in [0.717, 1.165) is 53.8 Å². The van der Waals surface area contributed by atoms with Crippen molar-refractivity contribution < 1.29 is 13.9 Å². The molecule has 0 spiro atoms. The Labute approximate surface area is 247 Å².